The quantitative estimate of drug-likeness (QED) is 0.519. The van der Waals surface area contributed by atoms with E-state index < -0.39 is 47.1 Å². The molecular weight excluding hydrogens is 450 g/mol. The Kier molecular flexibility index (Phi) is 10.4. The van der Waals surface area contributed by atoms with E-state index in [4.69, 9.17) is 4.74 Å². The largest absolute Gasteiger partial charge is 0.478 e. The van der Waals surface area contributed by atoms with Crippen LogP contribution in [0.3, 0.4) is 0 Å². The van der Waals surface area contributed by atoms with Gasteiger partial charge in [-0.2, -0.15) is 0 Å². The van der Waals surface area contributed by atoms with Gasteiger partial charge in [-0.1, -0.05) is 40.7 Å². The number of hydrogen-bond acceptors (Lipinski definition) is 5. The smallest absolute Gasteiger partial charge is 0.410 e. The van der Waals surface area contributed by atoms with E-state index >= 15 is 0 Å². The fraction of sp³-hybridized carbons (Fsp3) is 0.769. The molecule has 2 N–H and O–H groups in total. The maximum Gasteiger partial charge on any atom is 0.410 e. The molecule has 1 rings (SSSR count). The van der Waals surface area contributed by atoms with Crippen molar-refractivity contribution in [2.24, 2.45) is 11.3 Å². The Morgan fingerprint density at radius 2 is 1.66 bits per heavy atom. The van der Waals surface area contributed by atoms with Crippen LogP contribution in [0, 0.1) is 11.3 Å². The number of likely N-dealkylation sites (tertiary alicyclic amines) is 1. The van der Waals surface area contributed by atoms with Gasteiger partial charge in [0.15, 0.2) is 0 Å². The van der Waals surface area contributed by atoms with Gasteiger partial charge in [-0.3, -0.25) is 14.5 Å². The summed E-state index contributed by atoms with van der Waals surface area (Å²) in [6, 6.07) is -2.06. The van der Waals surface area contributed by atoms with Gasteiger partial charge in [0.1, 0.15) is 17.7 Å². The maximum atomic E-state index is 13.6. The van der Waals surface area contributed by atoms with Crippen LogP contribution in [0.2, 0.25) is 0 Å². The van der Waals surface area contributed by atoms with Crippen LogP contribution in [0.15, 0.2) is 11.6 Å². The molecule has 0 saturated carbocycles. The van der Waals surface area contributed by atoms with Crippen molar-refractivity contribution >= 4 is 23.9 Å². The molecule has 3 atom stereocenters. The van der Waals surface area contributed by atoms with Crippen molar-refractivity contribution in [2.45, 2.75) is 105 Å². The molecule has 1 heterocycles. The predicted molar refractivity (Wildman–Crippen MR) is 135 cm³/mol. The number of likely N-dealkylation sites (N-methyl/N-ethyl adjacent to an activating group) is 1. The Morgan fingerprint density at radius 1 is 1.09 bits per heavy atom. The van der Waals surface area contributed by atoms with Gasteiger partial charge in [-0.25, -0.2) is 9.59 Å². The van der Waals surface area contributed by atoms with Crippen LogP contribution in [0.4, 0.5) is 4.79 Å². The molecule has 1 saturated heterocycles. The number of amides is 3. The van der Waals surface area contributed by atoms with E-state index in [-0.39, 0.29) is 17.4 Å². The normalized spacial score (nSPS) is 19.1. The van der Waals surface area contributed by atoms with Crippen LogP contribution in [0.1, 0.15) is 81.6 Å². The molecule has 9 nitrogen and oxygen atoms in total. The number of carbonyl (C=O) groups excluding carboxylic acids is 3. The van der Waals surface area contributed by atoms with Crippen molar-refractivity contribution in [2.75, 3.05) is 13.6 Å². The molecular formula is C26H45N3O6. The molecule has 1 aliphatic heterocycles. The number of ether oxygens (including phenoxy) is 1. The zero-order chi connectivity index (χ0) is 27.3. The molecule has 35 heavy (non-hydrogen) atoms. The molecule has 0 aromatic rings. The summed E-state index contributed by atoms with van der Waals surface area (Å²) in [5, 5.41) is 12.2. The van der Waals surface area contributed by atoms with Crippen molar-refractivity contribution in [1.29, 1.82) is 0 Å². The molecule has 1 fully saturated rings. The number of carboxylic acid groups (broad SMARTS) is 1. The molecule has 0 aromatic heterocycles. The first kappa shape index (κ1) is 30.5. The lowest BCUT2D eigenvalue weighted by molar-refractivity contribution is -0.141. The summed E-state index contributed by atoms with van der Waals surface area (Å²) in [6.45, 7) is 16.6. The third-order valence-electron chi connectivity index (χ3n) is 6.07. The highest BCUT2D eigenvalue weighted by molar-refractivity contribution is 5.92. The molecule has 0 aromatic carbocycles. The third-order valence-corrected chi connectivity index (χ3v) is 6.07. The van der Waals surface area contributed by atoms with E-state index in [1.165, 1.54) is 16.7 Å². The van der Waals surface area contributed by atoms with E-state index in [2.05, 4.69) is 5.32 Å². The monoisotopic (exact) mass is 495 g/mol. The fourth-order valence-corrected chi connectivity index (χ4v) is 4.06. The SMILES string of the molecule is C/C(=C\C(C(C)C)N(C)C(=O)C(NC(=O)C1CCCCN1C(=O)OC(C)(C)C)C(C)(C)C)C(=O)O. The molecule has 9 heteroatoms. The second kappa shape index (κ2) is 11.9. The van der Waals surface area contributed by atoms with Gasteiger partial charge in [-0.05, 0) is 58.3 Å². The van der Waals surface area contributed by atoms with Crippen LogP contribution >= 0.6 is 0 Å². The van der Waals surface area contributed by atoms with E-state index in [9.17, 15) is 24.3 Å². The number of aliphatic carboxylic acids is 1. The van der Waals surface area contributed by atoms with Crippen LogP contribution < -0.4 is 5.32 Å². The number of rotatable bonds is 7. The minimum Gasteiger partial charge on any atom is -0.478 e. The highest BCUT2D eigenvalue weighted by Crippen LogP contribution is 2.26. The van der Waals surface area contributed by atoms with Gasteiger partial charge in [-0.15, -0.1) is 0 Å². The predicted octanol–water partition coefficient (Wildman–Crippen LogP) is 3.82. The number of nitrogens with one attached hydrogen (secondary N) is 1. The van der Waals surface area contributed by atoms with Crippen molar-refractivity contribution in [1.82, 2.24) is 15.1 Å². The Balaban J connectivity index is 3.20. The molecule has 200 valence electrons. The van der Waals surface area contributed by atoms with E-state index in [0.29, 0.717) is 13.0 Å². The third kappa shape index (κ3) is 8.85. The molecule has 0 radical (unpaired) electrons. The zero-order valence-corrected chi connectivity index (χ0v) is 23.1. The first-order valence-corrected chi connectivity index (χ1v) is 12.3. The topological polar surface area (TPSA) is 116 Å². The Labute approximate surface area is 210 Å². The molecule has 0 aliphatic carbocycles. The van der Waals surface area contributed by atoms with Crippen molar-refractivity contribution in [3.63, 3.8) is 0 Å². The average Bonchev–Trinajstić information content (AvgIpc) is 2.72. The lowest BCUT2D eigenvalue weighted by Crippen LogP contribution is -2.60. The first-order chi connectivity index (χ1) is 15.9. The highest BCUT2D eigenvalue weighted by atomic mass is 16.6. The summed E-state index contributed by atoms with van der Waals surface area (Å²) in [7, 11) is 1.62. The van der Waals surface area contributed by atoms with Crippen molar-refractivity contribution < 1.29 is 29.0 Å². The van der Waals surface area contributed by atoms with Crippen LogP contribution in [0.25, 0.3) is 0 Å². The molecule has 0 bridgehead atoms. The van der Waals surface area contributed by atoms with E-state index in [0.717, 1.165) is 12.8 Å². The maximum absolute atomic E-state index is 13.6. The summed E-state index contributed by atoms with van der Waals surface area (Å²) in [6.07, 6.45) is 3.08. The minimum absolute atomic E-state index is 0.0458. The van der Waals surface area contributed by atoms with Gasteiger partial charge < -0.3 is 20.1 Å². The van der Waals surface area contributed by atoms with Gasteiger partial charge in [0.2, 0.25) is 11.8 Å². The zero-order valence-electron chi connectivity index (χ0n) is 23.1. The summed E-state index contributed by atoms with van der Waals surface area (Å²) in [5.74, 6) is -1.80. The Hall–Kier alpha value is -2.58. The molecule has 3 amide bonds. The summed E-state index contributed by atoms with van der Waals surface area (Å²) >= 11 is 0. The number of carbonyl (C=O) groups is 4. The first-order valence-electron chi connectivity index (χ1n) is 12.3. The van der Waals surface area contributed by atoms with Gasteiger partial charge >= 0.3 is 12.1 Å². The minimum atomic E-state index is -1.04. The van der Waals surface area contributed by atoms with Gasteiger partial charge in [0.25, 0.3) is 0 Å². The lowest BCUT2D eigenvalue weighted by Gasteiger charge is -2.40. The van der Waals surface area contributed by atoms with E-state index in [1.807, 2.05) is 34.6 Å². The van der Waals surface area contributed by atoms with Crippen LogP contribution in [0.5, 0.6) is 0 Å². The Bertz CT molecular complexity index is 822. The second-order valence-corrected chi connectivity index (χ2v) is 11.8. The molecule has 1 aliphatic rings. The summed E-state index contributed by atoms with van der Waals surface area (Å²) in [5.41, 5.74) is -1.16. The second-order valence-electron chi connectivity index (χ2n) is 11.8. The molecule has 3 unspecified atom stereocenters. The number of hydrogen-bond donors (Lipinski definition) is 2. The van der Waals surface area contributed by atoms with Crippen molar-refractivity contribution in [3.05, 3.63) is 11.6 Å². The standard InChI is InChI=1S/C26H45N3O6/c1-16(2)19(15-17(3)23(32)33)28(10)22(31)20(25(4,5)6)27-21(30)18-13-11-12-14-29(18)24(34)35-26(7,8)9/h15-16,18-20H,11-14H2,1-10H3,(H,27,30)(H,32,33)/b17-15+. The van der Waals surface area contributed by atoms with Gasteiger partial charge in [0, 0.05) is 19.2 Å². The lowest BCUT2D eigenvalue weighted by atomic mass is 9.84. The van der Waals surface area contributed by atoms with Gasteiger partial charge in [0.05, 0.1) is 6.04 Å². The van der Waals surface area contributed by atoms with Crippen LogP contribution in [-0.4, -0.2) is 76.1 Å². The summed E-state index contributed by atoms with van der Waals surface area (Å²) in [4.78, 5) is 54.1. The number of nitrogens with zero attached hydrogens (tertiary/aromatic N) is 2. The fourth-order valence-electron chi connectivity index (χ4n) is 4.06. The number of carboxylic acids is 1. The summed E-state index contributed by atoms with van der Waals surface area (Å²) < 4.78 is 5.51. The van der Waals surface area contributed by atoms with Crippen molar-refractivity contribution in [3.8, 4) is 0 Å². The van der Waals surface area contributed by atoms with Crippen LogP contribution in [-0.2, 0) is 19.1 Å². The Morgan fingerprint density at radius 3 is 2.11 bits per heavy atom. The number of piperidine rings is 1. The molecule has 0 spiro atoms. The van der Waals surface area contributed by atoms with E-state index in [1.54, 1.807) is 33.9 Å². The highest BCUT2D eigenvalue weighted by Gasteiger charge is 2.41. The average molecular weight is 496 g/mol.